The van der Waals surface area contributed by atoms with Crippen LogP contribution >= 0.6 is 35.5 Å². The van der Waals surface area contributed by atoms with Crippen molar-refractivity contribution in [2.24, 2.45) is 5.73 Å². The van der Waals surface area contributed by atoms with Crippen LogP contribution in [-0.2, 0) is 11.3 Å². The second-order valence-corrected chi connectivity index (χ2v) is 8.57. The molecule has 0 unspecified atom stereocenters. The summed E-state index contributed by atoms with van der Waals surface area (Å²) in [6.45, 7) is 2.03. The van der Waals surface area contributed by atoms with E-state index in [0.717, 1.165) is 47.7 Å². The first kappa shape index (κ1) is 19.4. The molecule has 1 aliphatic carbocycles. The van der Waals surface area contributed by atoms with Gasteiger partial charge in [-0.25, -0.2) is 4.98 Å². The molecule has 0 atom stereocenters. The number of hydrogen-bond donors (Lipinski definition) is 1. The number of aryl methyl sites for hydroxylation is 1. The van der Waals surface area contributed by atoms with Crippen LogP contribution in [0, 0.1) is 6.92 Å². The van der Waals surface area contributed by atoms with Gasteiger partial charge >= 0.3 is 0 Å². The van der Waals surface area contributed by atoms with Crippen molar-refractivity contribution in [3.05, 3.63) is 46.2 Å². The van der Waals surface area contributed by atoms with E-state index in [-0.39, 0.29) is 12.4 Å². The largest absolute Gasteiger partial charge is 0.334 e. The molecule has 0 amide bonds. The zero-order valence-corrected chi connectivity index (χ0v) is 16.9. The van der Waals surface area contributed by atoms with Gasteiger partial charge in [-0.3, -0.25) is 0 Å². The Morgan fingerprint density at radius 3 is 2.58 bits per heavy atom. The van der Waals surface area contributed by atoms with E-state index >= 15 is 0 Å². The summed E-state index contributed by atoms with van der Waals surface area (Å²) in [5, 5.41) is 7.35. The maximum absolute atomic E-state index is 6.40. The molecule has 1 aliphatic rings. The van der Waals surface area contributed by atoms with Crippen molar-refractivity contribution in [2.45, 2.75) is 48.8 Å². The standard InChI is InChI=1S/C18H20N4OS2.ClH/c1-12-20-14(10-24-12)11-25-15-6-4-13(5-7-15)16-21-17(22-23-16)18(19)8-2-3-9-18;/h4-7,10H,2-3,8-9,11,19H2,1H3;1H. The number of rotatable bonds is 5. The van der Waals surface area contributed by atoms with Crippen molar-refractivity contribution in [2.75, 3.05) is 0 Å². The van der Waals surface area contributed by atoms with Crippen LogP contribution in [0.3, 0.4) is 0 Å². The highest BCUT2D eigenvalue weighted by Gasteiger charge is 2.36. The molecule has 4 rings (SSSR count). The van der Waals surface area contributed by atoms with Gasteiger partial charge in [0.25, 0.3) is 5.89 Å². The Bertz CT molecular complexity index is 856. The molecule has 1 fully saturated rings. The Balaban J connectivity index is 0.00000196. The molecular formula is C18H21ClN4OS2. The van der Waals surface area contributed by atoms with E-state index in [1.165, 1.54) is 4.90 Å². The van der Waals surface area contributed by atoms with Gasteiger partial charge in [-0.05, 0) is 44.0 Å². The quantitative estimate of drug-likeness (QED) is 0.602. The van der Waals surface area contributed by atoms with Gasteiger partial charge in [0.2, 0.25) is 0 Å². The Morgan fingerprint density at radius 1 is 1.19 bits per heavy atom. The summed E-state index contributed by atoms with van der Waals surface area (Å²) in [5.74, 6) is 2.06. The van der Waals surface area contributed by atoms with Crippen LogP contribution in [0.25, 0.3) is 11.5 Å². The normalized spacial score (nSPS) is 15.8. The highest BCUT2D eigenvalue weighted by atomic mass is 35.5. The van der Waals surface area contributed by atoms with Crippen molar-refractivity contribution in [3.63, 3.8) is 0 Å². The van der Waals surface area contributed by atoms with Gasteiger partial charge in [-0.2, -0.15) is 4.98 Å². The number of aromatic nitrogens is 3. The Hall–Kier alpha value is -1.41. The Kier molecular flexibility index (Phi) is 6.02. The fourth-order valence-corrected chi connectivity index (χ4v) is 4.61. The van der Waals surface area contributed by atoms with Gasteiger partial charge in [0.15, 0.2) is 5.82 Å². The number of nitrogens with zero attached hydrogens (tertiary/aromatic N) is 3. The van der Waals surface area contributed by atoms with Crippen LogP contribution in [0.2, 0.25) is 0 Å². The minimum Gasteiger partial charge on any atom is -0.334 e. The van der Waals surface area contributed by atoms with Crippen molar-refractivity contribution < 1.29 is 4.52 Å². The molecule has 2 N–H and O–H groups in total. The average Bonchev–Trinajstić information content (AvgIpc) is 3.35. The molecule has 0 aliphatic heterocycles. The summed E-state index contributed by atoms with van der Waals surface area (Å²) in [4.78, 5) is 10.2. The van der Waals surface area contributed by atoms with E-state index in [0.29, 0.717) is 11.7 Å². The summed E-state index contributed by atoms with van der Waals surface area (Å²) in [5.41, 5.74) is 8.04. The van der Waals surface area contributed by atoms with E-state index in [2.05, 4.69) is 32.6 Å². The SMILES string of the molecule is Cc1nc(CSc2ccc(-c3nc(C4(N)CCCC4)no3)cc2)cs1.Cl. The van der Waals surface area contributed by atoms with Crippen molar-refractivity contribution in [3.8, 4) is 11.5 Å². The van der Waals surface area contributed by atoms with Crippen LogP contribution in [0.15, 0.2) is 39.1 Å². The van der Waals surface area contributed by atoms with Gasteiger partial charge < -0.3 is 10.3 Å². The third kappa shape index (κ3) is 4.11. The van der Waals surface area contributed by atoms with Gasteiger partial charge in [0.1, 0.15) is 0 Å². The lowest BCUT2D eigenvalue weighted by Gasteiger charge is -2.17. The molecule has 3 aromatic rings. The highest BCUT2D eigenvalue weighted by Crippen LogP contribution is 2.35. The average molecular weight is 409 g/mol. The molecule has 2 aromatic heterocycles. The molecular weight excluding hydrogens is 388 g/mol. The molecule has 1 saturated carbocycles. The number of nitrogens with two attached hydrogens (primary N) is 1. The predicted octanol–water partition coefficient (Wildman–Crippen LogP) is 4.94. The van der Waals surface area contributed by atoms with Crippen LogP contribution in [0.4, 0.5) is 0 Å². The first-order valence-electron chi connectivity index (χ1n) is 8.40. The number of benzene rings is 1. The first-order valence-corrected chi connectivity index (χ1v) is 10.3. The lowest BCUT2D eigenvalue weighted by Crippen LogP contribution is -2.34. The minimum absolute atomic E-state index is 0. The summed E-state index contributed by atoms with van der Waals surface area (Å²) >= 11 is 3.46. The van der Waals surface area contributed by atoms with E-state index in [1.54, 1.807) is 23.1 Å². The third-order valence-electron chi connectivity index (χ3n) is 4.52. The number of thiazole rings is 1. The van der Waals surface area contributed by atoms with Crippen LogP contribution in [-0.4, -0.2) is 15.1 Å². The highest BCUT2D eigenvalue weighted by molar-refractivity contribution is 7.98. The fourth-order valence-electron chi connectivity index (χ4n) is 3.10. The number of halogens is 1. The summed E-state index contributed by atoms with van der Waals surface area (Å²) in [6.07, 6.45) is 4.12. The topological polar surface area (TPSA) is 77.8 Å². The molecule has 0 spiro atoms. The molecule has 1 aromatic carbocycles. The lowest BCUT2D eigenvalue weighted by atomic mass is 9.99. The molecule has 138 valence electrons. The monoisotopic (exact) mass is 408 g/mol. The van der Waals surface area contributed by atoms with Gasteiger partial charge in [-0.1, -0.05) is 18.0 Å². The van der Waals surface area contributed by atoms with Gasteiger partial charge in [0.05, 0.1) is 16.2 Å². The van der Waals surface area contributed by atoms with Crippen molar-refractivity contribution in [1.29, 1.82) is 0 Å². The molecule has 0 saturated heterocycles. The molecule has 0 bridgehead atoms. The van der Waals surface area contributed by atoms with Crippen LogP contribution in [0.1, 0.15) is 42.2 Å². The maximum Gasteiger partial charge on any atom is 0.257 e. The minimum atomic E-state index is -0.413. The van der Waals surface area contributed by atoms with Gasteiger partial charge in [0, 0.05) is 21.6 Å². The lowest BCUT2D eigenvalue weighted by molar-refractivity contribution is 0.372. The van der Waals surface area contributed by atoms with Crippen LogP contribution in [0.5, 0.6) is 0 Å². The summed E-state index contributed by atoms with van der Waals surface area (Å²) in [6, 6.07) is 8.20. The Morgan fingerprint density at radius 2 is 1.92 bits per heavy atom. The predicted molar refractivity (Wildman–Crippen MR) is 108 cm³/mol. The zero-order chi connectivity index (χ0) is 17.3. The van der Waals surface area contributed by atoms with E-state index in [1.807, 2.05) is 19.1 Å². The second kappa shape index (κ2) is 8.08. The van der Waals surface area contributed by atoms with E-state index < -0.39 is 5.54 Å². The number of hydrogen-bond acceptors (Lipinski definition) is 7. The fraction of sp³-hybridized carbons (Fsp3) is 0.389. The molecule has 5 nitrogen and oxygen atoms in total. The van der Waals surface area contributed by atoms with E-state index in [9.17, 15) is 0 Å². The zero-order valence-electron chi connectivity index (χ0n) is 14.5. The van der Waals surface area contributed by atoms with E-state index in [4.69, 9.17) is 10.3 Å². The summed E-state index contributed by atoms with van der Waals surface area (Å²) < 4.78 is 5.44. The second-order valence-electron chi connectivity index (χ2n) is 6.46. The van der Waals surface area contributed by atoms with Gasteiger partial charge in [-0.15, -0.1) is 35.5 Å². The van der Waals surface area contributed by atoms with Crippen molar-refractivity contribution >= 4 is 35.5 Å². The smallest absolute Gasteiger partial charge is 0.257 e. The molecule has 26 heavy (non-hydrogen) atoms. The molecule has 8 heteroatoms. The molecule has 2 heterocycles. The Labute approximate surface area is 167 Å². The maximum atomic E-state index is 6.40. The first-order chi connectivity index (χ1) is 12.1. The third-order valence-corrected chi connectivity index (χ3v) is 6.39. The van der Waals surface area contributed by atoms with Crippen LogP contribution < -0.4 is 5.73 Å². The number of thioether (sulfide) groups is 1. The van der Waals surface area contributed by atoms with Crippen molar-refractivity contribution in [1.82, 2.24) is 15.1 Å². The molecule has 0 radical (unpaired) electrons. The summed E-state index contributed by atoms with van der Waals surface area (Å²) in [7, 11) is 0.